The summed E-state index contributed by atoms with van der Waals surface area (Å²) >= 11 is 0. The highest BCUT2D eigenvalue weighted by Gasteiger charge is 2.24. The lowest BCUT2D eigenvalue weighted by molar-refractivity contribution is 0.417. The zero-order valence-corrected chi connectivity index (χ0v) is 17.1. The summed E-state index contributed by atoms with van der Waals surface area (Å²) in [5, 5.41) is 0. The minimum atomic E-state index is -4.22. The maximum absolute atomic E-state index is 12.7. The van der Waals surface area contributed by atoms with Crippen LogP contribution < -0.4 is 14.2 Å². The summed E-state index contributed by atoms with van der Waals surface area (Å²) in [6.07, 6.45) is 1.88. The van der Waals surface area contributed by atoms with Crippen LogP contribution in [0, 0.1) is 0 Å². The molecule has 0 aliphatic heterocycles. The van der Waals surface area contributed by atoms with E-state index < -0.39 is 34.8 Å². The predicted octanol–water partition coefficient (Wildman–Crippen LogP) is 1.27. The maximum atomic E-state index is 12.7. The fraction of sp³-hybridized carbons (Fsp3) is 0.200. The molecule has 2 rings (SSSR count). The molecule has 2 aromatic carbocycles. The second-order valence-electron chi connectivity index (χ2n) is 5.61. The molecule has 2 aromatic rings. The van der Waals surface area contributed by atoms with Gasteiger partial charge in [-0.15, -0.1) is 0 Å². The van der Waals surface area contributed by atoms with E-state index in [1.54, 1.807) is 0 Å². The van der Waals surface area contributed by atoms with Gasteiger partial charge in [-0.1, -0.05) is 12.1 Å². The van der Waals surface area contributed by atoms with Gasteiger partial charge in [-0.2, -0.15) is 0 Å². The summed E-state index contributed by atoms with van der Waals surface area (Å²) in [6, 6.07) is 9.11. The van der Waals surface area contributed by atoms with Crippen LogP contribution in [0.2, 0.25) is 0 Å². The van der Waals surface area contributed by atoms with Crippen molar-refractivity contribution in [3.63, 3.8) is 0 Å². The van der Waals surface area contributed by atoms with E-state index in [1.165, 1.54) is 49.6 Å². The Bertz CT molecular complexity index is 1170. The van der Waals surface area contributed by atoms with Gasteiger partial charge in [0, 0.05) is 12.3 Å². The van der Waals surface area contributed by atoms with Crippen molar-refractivity contribution in [2.45, 2.75) is 9.79 Å². The molecule has 0 bridgehead atoms. The Labute approximate surface area is 158 Å². The van der Waals surface area contributed by atoms with E-state index in [1.807, 2.05) is 0 Å². The smallest absolute Gasteiger partial charge is 0.263 e. The van der Waals surface area contributed by atoms with E-state index in [-0.39, 0.29) is 22.0 Å². The Hall–Kier alpha value is -2.31. The van der Waals surface area contributed by atoms with Gasteiger partial charge in [-0.25, -0.2) is 25.3 Å². The van der Waals surface area contributed by atoms with Crippen molar-refractivity contribution >= 4 is 41.3 Å². The second-order valence-corrected chi connectivity index (χ2v) is 11.0. The molecule has 0 radical (unpaired) electrons. The average molecular weight is 435 g/mol. The maximum Gasteiger partial charge on any atom is 0.263 e. The molecular formula is C15H18N2O7S3. The summed E-state index contributed by atoms with van der Waals surface area (Å²) < 4.78 is 81.3. The van der Waals surface area contributed by atoms with Crippen LogP contribution in [0.5, 0.6) is 5.75 Å². The van der Waals surface area contributed by atoms with Crippen LogP contribution in [0.15, 0.2) is 52.3 Å². The first-order valence-corrected chi connectivity index (χ1v) is 12.6. The van der Waals surface area contributed by atoms with Crippen molar-refractivity contribution in [3.8, 4) is 5.75 Å². The van der Waals surface area contributed by atoms with Crippen LogP contribution in [0.25, 0.3) is 0 Å². The zero-order chi connectivity index (χ0) is 20.5. The van der Waals surface area contributed by atoms with Gasteiger partial charge in [-0.05, 0) is 24.3 Å². The van der Waals surface area contributed by atoms with Crippen molar-refractivity contribution in [1.82, 2.24) is 0 Å². The fourth-order valence-electron chi connectivity index (χ4n) is 2.23. The third kappa shape index (κ3) is 5.34. The van der Waals surface area contributed by atoms with Crippen molar-refractivity contribution in [3.05, 3.63) is 42.5 Å². The van der Waals surface area contributed by atoms with Gasteiger partial charge >= 0.3 is 0 Å². The molecule has 0 fully saturated rings. The number of benzene rings is 2. The topological polar surface area (TPSA) is 136 Å². The number of ether oxygens (including phenoxy) is 1. The lowest BCUT2D eigenvalue weighted by Gasteiger charge is -2.14. The van der Waals surface area contributed by atoms with Crippen LogP contribution in [0.4, 0.5) is 11.4 Å². The van der Waals surface area contributed by atoms with Gasteiger partial charge in [0.15, 0.2) is 9.84 Å². The van der Waals surface area contributed by atoms with E-state index in [0.717, 1.165) is 12.5 Å². The van der Waals surface area contributed by atoms with E-state index in [4.69, 9.17) is 4.74 Å². The normalized spacial score (nSPS) is 12.4. The summed E-state index contributed by atoms with van der Waals surface area (Å²) in [5.74, 6) is 0.0806. The molecule has 0 unspecified atom stereocenters. The lowest BCUT2D eigenvalue weighted by atomic mass is 10.2. The first-order chi connectivity index (χ1) is 12.3. The molecule has 27 heavy (non-hydrogen) atoms. The molecule has 2 N–H and O–H groups in total. The van der Waals surface area contributed by atoms with Crippen molar-refractivity contribution in [2.75, 3.05) is 29.1 Å². The average Bonchev–Trinajstić information content (AvgIpc) is 2.54. The number of rotatable bonds is 7. The first kappa shape index (κ1) is 21.0. The molecule has 0 aliphatic rings. The van der Waals surface area contributed by atoms with E-state index in [0.29, 0.717) is 0 Å². The third-order valence-corrected chi connectivity index (χ3v) is 6.60. The van der Waals surface area contributed by atoms with Gasteiger partial charge < -0.3 is 4.74 Å². The molecule has 0 spiro atoms. The van der Waals surface area contributed by atoms with Crippen LogP contribution in [-0.2, 0) is 29.9 Å². The Kier molecular flexibility index (Phi) is 5.73. The van der Waals surface area contributed by atoms with Crippen molar-refractivity contribution < 1.29 is 30.0 Å². The van der Waals surface area contributed by atoms with E-state index in [2.05, 4.69) is 9.44 Å². The number of methoxy groups -OCH3 is 1. The van der Waals surface area contributed by atoms with Gasteiger partial charge in [0.25, 0.3) is 10.0 Å². The summed E-state index contributed by atoms with van der Waals surface area (Å²) in [6.45, 7) is 0. The molecule has 0 amide bonds. The summed E-state index contributed by atoms with van der Waals surface area (Å²) in [7, 11) is -10.3. The largest absolute Gasteiger partial charge is 0.494 e. The molecule has 0 saturated heterocycles. The number of nitrogens with one attached hydrogen (secondary N) is 2. The van der Waals surface area contributed by atoms with Crippen LogP contribution >= 0.6 is 0 Å². The minimum absolute atomic E-state index is 0.0641. The Morgan fingerprint density at radius 3 is 1.93 bits per heavy atom. The summed E-state index contributed by atoms with van der Waals surface area (Å²) in [4.78, 5) is -0.732. The first-order valence-electron chi connectivity index (χ1n) is 7.31. The molecule has 9 nitrogen and oxygen atoms in total. The quantitative estimate of drug-likeness (QED) is 0.670. The minimum Gasteiger partial charge on any atom is -0.494 e. The second kappa shape index (κ2) is 7.37. The van der Waals surface area contributed by atoms with Gasteiger partial charge in [-0.3, -0.25) is 9.44 Å². The lowest BCUT2D eigenvalue weighted by Crippen LogP contribution is -2.17. The van der Waals surface area contributed by atoms with Gasteiger partial charge in [0.2, 0.25) is 10.0 Å². The Balaban J connectivity index is 2.45. The number of sulfonamides is 2. The van der Waals surface area contributed by atoms with Crippen molar-refractivity contribution in [1.29, 1.82) is 0 Å². The number of anilines is 2. The van der Waals surface area contributed by atoms with E-state index >= 15 is 0 Å². The molecule has 0 heterocycles. The number of sulfone groups is 1. The van der Waals surface area contributed by atoms with E-state index in [9.17, 15) is 25.3 Å². The number of hydrogen-bond donors (Lipinski definition) is 2. The van der Waals surface area contributed by atoms with Crippen LogP contribution in [0.3, 0.4) is 0 Å². The highest BCUT2D eigenvalue weighted by molar-refractivity contribution is 7.95. The van der Waals surface area contributed by atoms with Crippen LogP contribution in [0.1, 0.15) is 0 Å². The molecule has 12 heteroatoms. The molecule has 0 aliphatic carbocycles. The van der Waals surface area contributed by atoms with Crippen molar-refractivity contribution in [2.24, 2.45) is 0 Å². The Morgan fingerprint density at radius 1 is 0.815 bits per heavy atom. The third-order valence-electron chi connectivity index (χ3n) is 3.29. The molecule has 0 atom stereocenters. The molecular weight excluding hydrogens is 416 g/mol. The highest BCUT2D eigenvalue weighted by atomic mass is 32.2. The molecule has 148 valence electrons. The predicted molar refractivity (Wildman–Crippen MR) is 102 cm³/mol. The van der Waals surface area contributed by atoms with Gasteiger partial charge in [0.1, 0.15) is 10.6 Å². The number of hydrogen-bond acceptors (Lipinski definition) is 7. The SMILES string of the molecule is COc1cc(NS(=O)(=O)c2ccccc2S(C)(=O)=O)ccc1NS(C)(=O)=O. The molecule has 0 aromatic heterocycles. The van der Waals surface area contributed by atoms with Gasteiger partial charge in [0.05, 0.1) is 29.6 Å². The standard InChI is InChI=1S/C15H18N2O7S3/c1-24-13-10-11(8-9-12(13)17-26(3,20)21)16-27(22,23)15-7-5-4-6-14(15)25(2,18)19/h4-10,16-17H,1-3H3. The monoisotopic (exact) mass is 434 g/mol. The summed E-state index contributed by atoms with van der Waals surface area (Å²) in [5.41, 5.74) is 0.189. The zero-order valence-electron chi connectivity index (χ0n) is 14.6. The molecule has 0 saturated carbocycles. The highest BCUT2D eigenvalue weighted by Crippen LogP contribution is 2.30. The fourth-order valence-corrected chi connectivity index (χ4v) is 5.48. The Morgan fingerprint density at radius 2 is 1.41 bits per heavy atom. The van der Waals surface area contributed by atoms with Crippen LogP contribution in [-0.4, -0.2) is 44.9 Å².